The molecule has 0 aliphatic rings. The van der Waals surface area contributed by atoms with E-state index in [2.05, 4.69) is 74.0 Å². The third-order valence-corrected chi connectivity index (χ3v) is 8.16. The molecule has 0 nitrogen and oxygen atoms in total. The zero-order valence-electron chi connectivity index (χ0n) is 21.8. The van der Waals surface area contributed by atoms with E-state index in [4.69, 9.17) is 0 Å². The fourth-order valence-electron chi connectivity index (χ4n) is 4.98. The van der Waals surface area contributed by atoms with Crippen molar-refractivity contribution in [3.8, 4) is 0 Å². The lowest BCUT2D eigenvalue weighted by atomic mass is 9.88. The van der Waals surface area contributed by atoms with E-state index in [-0.39, 0.29) is 0 Å². The van der Waals surface area contributed by atoms with E-state index in [0.717, 1.165) is 5.92 Å². The summed E-state index contributed by atoms with van der Waals surface area (Å²) in [6, 6.07) is 22.2. The minimum atomic E-state index is 0.334. The van der Waals surface area contributed by atoms with Crippen LogP contribution in [0, 0.1) is 5.92 Å². The quantitative estimate of drug-likeness (QED) is 0.134. The van der Waals surface area contributed by atoms with Crippen molar-refractivity contribution in [3.05, 3.63) is 71.8 Å². The molecule has 0 radical (unpaired) electrons. The topological polar surface area (TPSA) is 0 Å². The molecular formula is C32H51P. The van der Waals surface area contributed by atoms with Gasteiger partial charge in [-0.3, -0.25) is 0 Å². The Morgan fingerprint density at radius 1 is 0.485 bits per heavy atom. The number of rotatable bonds is 20. The van der Waals surface area contributed by atoms with Crippen LogP contribution in [0.1, 0.15) is 101 Å². The monoisotopic (exact) mass is 466 g/mol. The molecule has 0 atom stereocenters. The van der Waals surface area contributed by atoms with Crippen molar-refractivity contribution in [1.29, 1.82) is 0 Å². The average Bonchev–Trinajstić information content (AvgIpc) is 2.82. The van der Waals surface area contributed by atoms with Gasteiger partial charge < -0.3 is 0 Å². The summed E-state index contributed by atoms with van der Waals surface area (Å²) in [5.74, 6) is 0.765. The van der Waals surface area contributed by atoms with Crippen molar-refractivity contribution in [2.24, 2.45) is 5.92 Å². The van der Waals surface area contributed by atoms with E-state index in [9.17, 15) is 0 Å². The summed E-state index contributed by atoms with van der Waals surface area (Å²) in [5, 5.41) is 0. The van der Waals surface area contributed by atoms with Crippen LogP contribution >= 0.6 is 7.92 Å². The van der Waals surface area contributed by atoms with Gasteiger partial charge in [0.15, 0.2) is 0 Å². The second kappa shape index (κ2) is 19.2. The van der Waals surface area contributed by atoms with Crippen LogP contribution in [0.15, 0.2) is 60.7 Å². The number of hydrogen-bond donors (Lipinski definition) is 0. The van der Waals surface area contributed by atoms with Crippen molar-refractivity contribution in [3.63, 3.8) is 0 Å². The summed E-state index contributed by atoms with van der Waals surface area (Å²) in [4.78, 5) is 0. The van der Waals surface area contributed by atoms with Gasteiger partial charge in [-0.25, -0.2) is 0 Å². The van der Waals surface area contributed by atoms with Crippen molar-refractivity contribution in [1.82, 2.24) is 0 Å². The van der Waals surface area contributed by atoms with E-state index in [1.807, 2.05) is 0 Å². The van der Waals surface area contributed by atoms with Gasteiger partial charge in [-0.15, -0.1) is 7.92 Å². The van der Waals surface area contributed by atoms with E-state index in [1.165, 1.54) is 120 Å². The van der Waals surface area contributed by atoms with Crippen LogP contribution in [0.25, 0.3) is 0 Å². The SMILES string of the molecule is CP(C)CCCCCCCCCCCCCCCC(Cc1ccccc1)Cc1ccccc1. The van der Waals surface area contributed by atoms with Crippen LogP contribution in [0.2, 0.25) is 0 Å². The lowest BCUT2D eigenvalue weighted by molar-refractivity contribution is 0.444. The molecule has 0 saturated carbocycles. The van der Waals surface area contributed by atoms with Gasteiger partial charge in [0.2, 0.25) is 0 Å². The Morgan fingerprint density at radius 3 is 1.24 bits per heavy atom. The van der Waals surface area contributed by atoms with Gasteiger partial charge in [0.05, 0.1) is 0 Å². The molecule has 2 rings (SSSR count). The summed E-state index contributed by atoms with van der Waals surface area (Å²) in [6.07, 6.45) is 24.2. The maximum atomic E-state index is 2.41. The zero-order valence-corrected chi connectivity index (χ0v) is 22.7. The summed E-state index contributed by atoms with van der Waals surface area (Å²) < 4.78 is 0. The Hall–Kier alpha value is -1.13. The Labute approximate surface area is 207 Å². The first-order valence-electron chi connectivity index (χ1n) is 14.0. The van der Waals surface area contributed by atoms with Gasteiger partial charge in [0.25, 0.3) is 0 Å². The van der Waals surface area contributed by atoms with Crippen LogP contribution in [-0.2, 0) is 12.8 Å². The molecule has 0 aliphatic heterocycles. The van der Waals surface area contributed by atoms with E-state index < -0.39 is 0 Å². The number of unbranched alkanes of at least 4 members (excludes halogenated alkanes) is 12. The van der Waals surface area contributed by atoms with Gasteiger partial charge in [0.1, 0.15) is 0 Å². The average molecular weight is 467 g/mol. The zero-order chi connectivity index (χ0) is 23.4. The second-order valence-electron chi connectivity index (χ2n) is 10.4. The van der Waals surface area contributed by atoms with Crippen LogP contribution in [-0.4, -0.2) is 19.5 Å². The lowest BCUT2D eigenvalue weighted by Crippen LogP contribution is -2.08. The summed E-state index contributed by atoms with van der Waals surface area (Å²) in [7, 11) is 0.334. The summed E-state index contributed by atoms with van der Waals surface area (Å²) >= 11 is 0. The van der Waals surface area contributed by atoms with Gasteiger partial charge in [-0.1, -0.05) is 138 Å². The molecule has 0 unspecified atom stereocenters. The van der Waals surface area contributed by atoms with Gasteiger partial charge in [-0.05, 0) is 62.2 Å². The highest BCUT2D eigenvalue weighted by Crippen LogP contribution is 2.26. The van der Waals surface area contributed by atoms with Crippen LogP contribution in [0.4, 0.5) is 0 Å². The smallest absolute Gasteiger partial charge is 0.0247 e. The molecule has 0 aliphatic carbocycles. The highest BCUT2D eigenvalue weighted by molar-refractivity contribution is 7.55. The van der Waals surface area contributed by atoms with Crippen molar-refractivity contribution >= 4 is 7.92 Å². The lowest BCUT2D eigenvalue weighted by Gasteiger charge is -2.17. The first kappa shape index (κ1) is 28.1. The molecule has 2 aromatic rings. The number of benzene rings is 2. The van der Waals surface area contributed by atoms with E-state index in [0.29, 0.717) is 7.92 Å². The van der Waals surface area contributed by atoms with Crippen molar-refractivity contribution in [2.45, 2.75) is 103 Å². The standard InChI is InChI=1S/C32H51P/c1-33(2)27-21-13-11-9-7-5-3-4-6-8-10-12-16-26-32(28-30-22-17-14-18-23-30)29-31-24-19-15-20-25-31/h14-15,17-20,22-25,32H,3-13,16,21,26-29H2,1-2H3. The molecule has 184 valence electrons. The molecule has 0 heterocycles. The Kier molecular flexibility index (Phi) is 16.4. The molecule has 0 saturated heterocycles. The number of hydrogen-bond acceptors (Lipinski definition) is 0. The molecule has 0 spiro atoms. The summed E-state index contributed by atoms with van der Waals surface area (Å²) in [6.45, 7) is 4.81. The highest BCUT2D eigenvalue weighted by atomic mass is 31.1. The van der Waals surface area contributed by atoms with Crippen molar-refractivity contribution in [2.75, 3.05) is 19.5 Å². The van der Waals surface area contributed by atoms with Gasteiger partial charge in [0, 0.05) is 0 Å². The maximum Gasteiger partial charge on any atom is -0.0247 e. The van der Waals surface area contributed by atoms with Gasteiger partial charge in [-0.2, -0.15) is 0 Å². The molecule has 0 bridgehead atoms. The van der Waals surface area contributed by atoms with Crippen LogP contribution in [0.3, 0.4) is 0 Å². The Balaban J connectivity index is 1.48. The van der Waals surface area contributed by atoms with Crippen LogP contribution < -0.4 is 0 Å². The fraction of sp³-hybridized carbons (Fsp3) is 0.625. The predicted molar refractivity (Wildman–Crippen MR) is 152 cm³/mol. The van der Waals surface area contributed by atoms with Gasteiger partial charge >= 0.3 is 0 Å². The third kappa shape index (κ3) is 15.4. The predicted octanol–water partition coefficient (Wildman–Crippen LogP) is 10.3. The molecule has 0 N–H and O–H groups in total. The van der Waals surface area contributed by atoms with Crippen molar-refractivity contribution < 1.29 is 0 Å². The highest BCUT2D eigenvalue weighted by Gasteiger charge is 2.11. The molecule has 0 aromatic heterocycles. The summed E-state index contributed by atoms with van der Waals surface area (Å²) in [5.41, 5.74) is 2.99. The molecule has 0 fully saturated rings. The first-order chi connectivity index (χ1) is 16.2. The van der Waals surface area contributed by atoms with E-state index in [1.54, 1.807) is 0 Å². The molecule has 2 aromatic carbocycles. The fourth-order valence-corrected chi connectivity index (χ4v) is 5.83. The molecule has 1 heteroatoms. The Morgan fingerprint density at radius 2 is 0.848 bits per heavy atom. The first-order valence-corrected chi connectivity index (χ1v) is 16.4. The third-order valence-electron chi connectivity index (χ3n) is 6.95. The minimum absolute atomic E-state index is 0.334. The molecular weight excluding hydrogens is 415 g/mol. The largest absolute Gasteiger partial charge is 0.113 e. The Bertz CT molecular complexity index is 622. The van der Waals surface area contributed by atoms with Crippen LogP contribution in [0.5, 0.6) is 0 Å². The molecule has 0 amide bonds. The second-order valence-corrected chi connectivity index (χ2v) is 13.0. The molecule has 33 heavy (non-hydrogen) atoms. The normalized spacial score (nSPS) is 11.5. The maximum absolute atomic E-state index is 2.41. The van der Waals surface area contributed by atoms with E-state index >= 15 is 0 Å². The minimum Gasteiger partial charge on any atom is -0.113 e.